The molecular formula is C25H29F2N7O4. The molecule has 0 aromatic carbocycles. The molecule has 0 aliphatic heterocycles. The van der Waals surface area contributed by atoms with E-state index in [9.17, 15) is 23.2 Å². The summed E-state index contributed by atoms with van der Waals surface area (Å²) in [7, 11) is 0. The highest BCUT2D eigenvalue weighted by Crippen LogP contribution is 2.41. The summed E-state index contributed by atoms with van der Waals surface area (Å²) in [6.45, 7) is 3.62. The molecule has 5 rings (SSSR count). The van der Waals surface area contributed by atoms with Gasteiger partial charge < -0.3 is 15.6 Å². The van der Waals surface area contributed by atoms with Crippen molar-refractivity contribution < 1.29 is 23.0 Å². The number of aryl methyl sites for hydroxylation is 1. The Kier molecular flexibility index (Phi) is 6.84. The van der Waals surface area contributed by atoms with Crippen molar-refractivity contribution in [2.75, 3.05) is 5.32 Å². The van der Waals surface area contributed by atoms with Crippen molar-refractivity contribution in [3.8, 4) is 0 Å². The van der Waals surface area contributed by atoms with Gasteiger partial charge in [0.2, 0.25) is 11.8 Å². The molecule has 3 aromatic heterocycles. The number of hydrogen-bond donors (Lipinski definition) is 3. The van der Waals surface area contributed by atoms with E-state index in [0.717, 1.165) is 18.4 Å². The number of aromatic amines is 1. The van der Waals surface area contributed by atoms with Gasteiger partial charge in [-0.25, -0.2) is 23.2 Å². The Morgan fingerprint density at radius 3 is 2.61 bits per heavy atom. The molecule has 2 saturated carbocycles. The van der Waals surface area contributed by atoms with Crippen molar-refractivity contribution >= 4 is 17.6 Å². The number of H-pyrrole nitrogens is 1. The van der Waals surface area contributed by atoms with Gasteiger partial charge in [-0.15, -0.1) is 0 Å². The lowest BCUT2D eigenvalue weighted by Crippen LogP contribution is -2.50. The summed E-state index contributed by atoms with van der Waals surface area (Å²) < 4.78 is 34.0. The normalized spacial score (nSPS) is 19.1. The third-order valence-corrected chi connectivity index (χ3v) is 7.30. The van der Waals surface area contributed by atoms with Gasteiger partial charge in [0.1, 0.15) is 17.6 Å². The van der Waals surface area contributed by atoms with Gasteiger partial charge in [0, 0.05) is 36.8 Å². The zero-order chi connectivity index (χ0) is 27.0. The molecule has 3 heterocycles. The van der Waals surface area contributed by atoms with Gasteiger partial charge in [0.25, 0.3) is 5.91 Å². The van der Waals surface area contributed by atoms with Crippen molar-refractivity contribution in [2.45, 2.75) is 76.3 Å². The highest BCUT2D eigenvalue weighted by atomic mass is 19.3. The van der Waals surface area contributed by atoms with E-state index < -0.39 is 29.7 Å². The van der Waals surface area contributed by atoms with Gasteiger partial charge in [-0.3, -0.25) is 14.2 Å². The third kappa shape index (κ3) is 5.50. The molecule has 0 bridgehead atoms. The lowest BCUT2D eigenvalue weighted by molar-refractivity contribution is -0.121. The lowest BCUT2D eigenvalue weighted by Gasteiger charge is -2.33. The van der Waals surface area contributed by atoms with E-state index in [1.54, 1.807) is 25.3 Å². The minimum absolute atomic E-state index is 0.00706. The maximum Gasteiger partial charge on any atom is 0.326 e. The van der Waals surface area contributed by atoms with Gasteiger partial charge in [-0.05, 0) is 68.3 Å². The average Bonchev–Trinajstić information content (AvgIpc) is 3.50. The van der Waals surface area contributed by atoms with Crippen LogP contribution in [0.1, 0.15) is 84.8 Å². The monoisotopic (exact) mass is 529 g/mol. The number of imidazole rings is 1. The first-order valence-electron chi connectivity index (χ1n) is 12.7. The fraction of sp³-hybridized carbons (Fsp3) is 0.520. The molecule has 11 nitrogen and oxygen atoms in total. The Hall–Kier alpha value is -3.90. The molecule has 0 unspecified atom stereocenters. The summed E-state index contributed by atoms with van der Waals surface area (Å²) in [6.07, 6.45) is 4.33. The second-order valence-corrected chi connectivity index (χ2v) is 10.2. The van der Waals surface area contributed by atoms with Crippen molar-refractivity contribution in [3.05, 3.63) is 57.7 Å². The number of pyridine rings is 1. The van der Waals surface area contributed by atoms with Crippen LogP contribution < -0.4 is 16.3 Å². The maximum atomic E-state index is 13.9. The summed E-state index contributed by atoms with van der Waals surface area (Å²) >= 11 is 0. The van der Waals surface area contributed by atoms with Gasteiger partial charge in [-0.2, -0.15) is 0 Å². The van der Waals surface area contributed by atoms with Crippen LogP contribution in [0.3, 0.4) is 0 Å². The fourth-order valence-corrected chi connectivity index (χ4v) is 4.94. The number of halogens is 2. The van der Waals surface area contributed by atoms with Crippen LogP contribution in [-0.4, -0.2) is 48.6 Å². The molecule has 0 radical (unpaired) electrons. The highest BCUT2D eigenvalue weighted by Gasteiger charge is 2.41. The van der Waals surface area contributed by atoms with E-state index in [1.165, 1.54) is 10.8 Å². The molecular weight excluding hydrogens is 500 g/mol. The molecule has 0 spiro atoms. The average molecular weight is 530 g/mol. The number of hydrogen-bond acceptors (Lipinski definition) is 7. The second kappa shape index (κ2) is 10.1. The minimum atomic E-state index is -2.79. The molecule has 2 fully saturated rings. The Labute approximate surface area is 216 Å². The van der Waals surface area contributed by atoms with E-state index in [-0.39, 0.29) is 54.8 Å². The zero-order valence-electron chi connectivity index (χ0n) is 21.0. The molecule has 2 aliphatic rings. The number of aromatic nitrogens is 5. The van der Waals surface area contributed by atoms with E-state index in [1.807, 2.05) is 6.92 Å². The minimum Gasteiger partial charge on any atom is -0.338 e. The molecule has 13 heteroatoms. The number of rotatable bonds is 8. The fourth-order valence-electron chi connectivity index (χ4n) is 4.94. The Morgan fingerprint density at radius 2 is 1.95 bits per heavy atom. The van der Waals surface area contributed by atoms with Gasteiger partial charge in [0.15, 0.2) is 5.69 Å². The number of amides is 2. The van der Waals surface area contributed by atoms with Crippen molar-refractivity contribution in [1.29, 1.82) is 0 Å². The number of nitrogens with one attached hydrogen (secondary N) is 3. The molecule has 2 amide bonds. The van der Waals surface area contributed by atoms with Crippen molar-refractivity contribution in [1.82, 2.24) is 30.2 Å². The quantitative estimate of drug-likeness (QED) is 0.405. The molecule has 202 valence electrons. The summed E-state index contributed by atoms with van der Waals surface area (Å²) in [5, 5.41) is 13.0. The highest BCUT2D eigenvalue weighted by molar-refractivity contribution is 6.00. The van der Waals surface area contributed by atoms with Crippen LogP contribution in [0.25, 0.3) is 0 Å². The Bertz CT molecular complexity index is 1380. The zero-order valence-corrected chi connectivity index (χ0v) is 21.0. The van der Waals surface area contributed by atoms with Crippen LogP contribution in [0.2, 0.25) is 0 Å². The van der Waals surface area contributed by atoms with Crippen LogP contribution in [-0.2, 0) is 4.79 Å². The summed E-state index contributed by atoms with van der Waals surface area (Å²) in [5.41, 5.74) is 1.62. The van der Waals surface area contributed by atoms with Crippen LogP contribution in [0.4, 0.5) is 14.6 Å². The van der Waals surface area contributed by atoms with Crippen LogP contribution in [0.15, 0.2) is 33.9 Å². The third-order valence-electron chi connectivity index (χ3n) is 7.30. The van der Waals surface area contributed by atoms with E-state index >= 15 is 0 Å². The molecule has 3 N–H and O–H groups in total. The SMILES string of the molecule is Cc1cn([C@H](C)c2ccnc(NC(=O)[C@@H](NC(=O)c3nonc3C3CC3)C3CCC(F)(F)CC3)c2)c(=O)[nH]1. The van der Waals surface area contributed by atoms with E-state index in [2.05, 4.69) is 30.9 Å². The topological polar surface area (TPSA) is 148 Å². The predicted octanol–water partition coefficient (Wildman–Crippen LogP) is 3.31. The van der Waals surface area contributed by atoms with Crippen LogP contribution in [0.5, 0.6) is 0 Å². The Morgan fingerprint density at radius 1 is 1.21 bits per heavy atom. The second-order valence-electron chi connectivity index (χ2n) is 10.2. The number of anilines is 1. The van der Waals surface area contributed by atoms with Gasteiger partial charge in [0.05, 0.1) is 6.04 Å². The van der Waals surface area contributed by atoms with E-state index in [0.29, 0.717) is 11.4 Å². The number of carbonyl (C=O) groups excluding carboxylic acids is 2. The molecule has 2 atom stereocenters. The summed E-state index contributed by atoms with van der Waals surface area (Å²) in [4.78, 5) is 45.7. The summed E-state index contributed by atoms with van der Waals surface area (Å²) in [5.74, 6) is -4.22. The maximum absolute atomic E-state index is 13.9. The van der Waals surface area contributed by atoms with Crippen LogP contribution >= 0.6 is 0 Å². The largest absolute Gasteiger partial charge is 0.338 e. The van der Waals surface area contributed by atoms with Gasteiger partial charge in [-0.1, -0.05) is 5.16 Å². The molecule has 38 heavy (non-hydrogen) atoms. The lowest BCUT2D eigenvalue weighted by atomic mass is 9.81. The standard InChI is InChI=1S/C25H29F2N7O4/c1-13-12-34(24(37)29-13)14(2)17-7-10-28-18(11-17)30-22(35)20(16-5-8-25(26,27)9-6-16)31-23(36)21-19(15-3-4-15)32-38-33-21/h7,10-12,14-16,20H,3-6,8-9H2,1-2H3,(H,29,37)(H,31,36)(H,28,30,35)/t14-,20+/m1/s1. The molecule has 2 aliphatic carbocycles. The molecule has 3 aromatic rings. The van der Waals surface area contributed by atoms with E-state index in [4.69, 9.17) is 4.63 Å². The number of carbonyl (C=O) groups is 2. The first-order valence-corrected chi connectivity index (χ1v) is 12.7. The van der Waals surface area contributed by atoms with Crippen molar-refractivity contribution in [2.24, 2.45) is 5.92 Å². The molecule has 0 saturated heterocycles. The van der Waals surface area contributed by atoms with Gasteiger partial charge >= 0.3 is 5.69 Å². The summed E-state index contributed by atoms with van der Waals surface area (Å²) in [6, 6.07) is 1.93. The van der Waals surface area contributed by atoms with Crippen molar-refractivity contribution in [3.63, 3.8) is 0 Å². The predicted molar refractivity (Wildman–Crippen MR) is 131 cm³/mol. The van der Waals surface area contributed by atoms with Crippen LogP contribution in [0, 0.1) is 12.8 Å². The smallest absolute Gasteiger partial charge is 0.326 e. The number of alkyl halides is 2. The first kappa shape index (κ1) is 25.7. The first-order chi connectivity index (χ1) is 18.1. The number of nitrogens with zero attached hydrogens (tertiary/aromatic N) is 4. The Balaban J connectivity index is 1.35.